The van der Waals surface area contributed by atoms with Gasteiger partial charge in [-0.2, -0.15) is 5.10 Å². The van der Waals surface area contributed by atoms with Gasteiger partial charge in [0.05, 0.1) is 10.9 Å². The van der Waals surface area contributed by atoms with E-state index in [9.17, 15) is 0 Å². The van der Waals surface area contributed by atoms with Gasteiger partial charge in [-0.15, -0.1) is 22.7 Å². The zero-order valence-corrected chi connectivity index (χ0v) is 13.7. The monoisotopic (exact) mass is 315 g/mol. The summed E-state index contributed by atoms with van der Waals surface area (Å²) in [5.41, 5.74) is 2.46. The second kappa shape index (κ2) is 5.00. The van der Waals surface area contributed by atoms with Crippen LogP contribution in [0.15, 0.2) is 29.6 Å². The third kappa shape index (κ3) is 2.21. The minimum Gasteiger partial charge on any atom is -0.370 e. The van der Waals surface area contributed by atoms with Gasteiger partial charge < -0.3 is 5.32 Å². The van der Waals surface area contributed by atoms with Crippen molar-refractivity contribution in [1.82, 2.24) is 9.78 Å². The molecule has 0 radical (unpaired) electrons. The number of hydrogen-bond acceptors (Lipinski definition) is 4. The van der Waals surface area contributed by atoms with E-state index in [2.05, 4.69) is 53.5 Å². The lowest BCUT2D eigenvalue weighted by molar-refractivity contribution is 0.488. The Balaban J connectivity index is 1.78. The predicted octanol–water partition coefficient (Wildman–Crippen LogP) is 4.69. The van der Waals surface area contributed by atoms with Gasteiger partial charge >= 0.3 is 0 Å². The van der Waals surface area contributed by atoms with E-state index in [4.69, 9.17) is 5.10 Å². The Bertz CT molecular complexity index is 781. The topological polar surface area (TPSA) is 29.9 Å². The third-order valence-electron chi connectivity index (χ3n) is 3.95. The third-order valence-corrected chi connectivity index (χ3v) is 6.10. The highest BCUT2D eigenvalue weighted by Crippen LogP contribution is 2.37. The Morgan fingerprint density at radius 1 is 1.29 bits per heavy atom. The summed E-state index contributed by atoms with van der Waals surface area (Å²) in [6.07, 6.45) is 1.10. The van der Waals surface area contributed by atoms with E-state index in [-0.39, 0.29) is 0 Å². The van der Waals surface area contributed by atoms with Gasteiger partial charge in [0.25, 0.3) is 0 Å². The molecule has 0 saturated carbocycles. The molecule has 3 nitrogen and oxygen atoms in total. The number of nitrogens with zero attached hydrogens (tertiary/aromatic N) is 2. The molecule has 4 rings (SSSR count). The number of aryl methyl sites for hydroxylation is 2. The zero-order chi connectivity index (χ0) is 14.4. The van der Waals surface area contributed by atoms with Gasteiger partial charge in [-0.05, 0) is 49.4 Å². The van der Waals surface area contributed by atoms with Crippen LogP contribution < -0.4 is 5.32 Å². The molecule has 1 aliphatic rings. The van der Waals surface area contributed by atoms with Crippen molar-refractivity contribution in [3.63, 3.8) is 0 Å². The molecule has 3 aromatic heterocycles. The molecule has 21 heavy (non-hydrogen) atoms. The molecular formula is C16H17N3S2. The van der Waals surface area contributed by atoms with E-state index in [1.54, 1.807) is 11.3 Å². The van der Waals surface area contributed by atoms with Crippen molar-refractivity contribution in [1.29, 1.82) is 0 Å². The van der Waals surface area contributed by atoms with Gasteiger partial charge in [0.2, 0.25) is 0 Å². The van der Waals surface area contributed by atoms with Crippen molar-refractivity contribution in [2.45, 2.75) is 26.3 Å². The molecule has 3 aromatic rings. The molecule has 0 spiro atoms. The van der Waals surface area contributed by atoms with Crippen molar-refractivity contribution >= 4 is 28.5 Å². The molecule has 1 N–H and O–H groups in total. The number of rotatable bonds is 2. The molecule has 0 amide bonds. The molecule has 0 saturated heterocycles. The van der Waals surface area contributed by atoms with Crippen molar-refractivity contribution in [3.05, 3.63) is 45.0 Å². The molecule has 0 bridgehead atoms. The van der Waals surface area contributed by atoms with Gasteiger partial charge in [-0.25, -0.2) is 4.68 Å². The summed E-state index contributed by atoms with van der Waals surface area (Å²) in [4.78, 5) is 4.02. The minimum atomic E-state index is 0.371. The molecule has 1 atom stereocenters. The van der Waals surface area contributed by atoms with Crippen LogP contribution in [-0.4, -0.2) is 16.3 Å². The molecule has 0 aliphatic carbocycles. The lowest BCUT2D eigenvalue weighted by Gasteiger charge is -2.25. The van der Waals surface area contributed by atoms with E-state index in [0.29, 0.717) is 6.04 Å². The van der Waals surface area contributed by atoms with Crippen LogP contribution in [0.25, 0.3) is 10.6 Å². The van der Waals surface area contributed by atoms with Crippen LogP contribution in [0.1, 0.15) is 27.8 Å². The van der Waals surface area contributed by atoms with Crippen molar-refractivity contribution in [2.75, 3.05) is 11.9 Å². The molecule has 1 aliphatic heterocycles. The maximum absolute atomic E-state index is 4.88. The lowest BCUT2D eigenvalue weighted by Crippen LogP contribution is -2.24. The first-order valence-electron chi connectivity index (χ1n) is 7.16. The number of anilines is 1. The quantitative estimate of drug-likeness (QED) is 0.743. The molecule has 4 heterocycles. The van der Waals surface area contributed by atoms with Crippen LogP contribution in [0.2, 0.25) is 0 Å². The fraction of sp³-hybridized carbons (Fsp3) is 0.312. The van der Waals surface area contributed by atoms with Crippen LogP contribution in [0.4, 0.5) is 5.82 Å². The summed E-state index contributed by atoms with van der Waals surface area (Å²) in [5, 5.41) is 10.5. The summed E-state index contributed by atoms with van der Waals surface area (Å²) in [7, 11) is 0. The van der Waals surface area contributed by atoms with Crippen LogP contribution >= 0.6 is 22.7 Å². The first-order valence-corrected chi connectivity index (χ1v) is 8.86. The zero-order valence-electron chi connectivity index (χ0n) is 12.1. The predicted molar refractivity (Wildman–Crippen MR) is 90.6 cm³/mol. The number of nitrogens with one attached hydrogen (secondary N) is 1. The fourth-order valence-electron chi connectivity index (χ4n) is 2.88. The van der Waals surface area contributed by atoms with E-state index in [1.807, 2.05) is 11.3 Å². The van der Waals surface area contributed by atoms with E-state index >= 15 is 0 Å². The molecule has 108 valence electrons. The SMILES string of the molecule is Cc1ccc(-c2cc3n(n2)C(c2sccc2C)CCN3)s1. The number of hydrogen-bond donors (Lipinski definition) is 1. The minimum absolute atomic E-state index is 0.371. The standard InChI is InChI=1S/C16H17N3S2/c1-10-6-8-20-16(10)13-5-7-17-15-9-12(18-19(13)15)14-4-3-11(2)21-14/h3-4,6,8-9,13,17H,5,7H2,1-2H3. The van der Waals surface area contributed by atoms with Crippen molar-refractivity contribution in [3.8, 4) is 10.6 Å². The maximum Gasteiger partial charge on any atom is 0.125 e. The Morgan fingerprint density at radius 2 is 2.19 bits per heavy atom. The smallest absolute Gasteiger partial charge is 0.125 e. The molecule has 5 heteroatoms. The van der Waals surface area contributed by atoms with Crippen LogP contribution in [0.5, 0.6) is 0 Å². The largest absolute Gasteiger partial charge is 0.370 e. The highest BCUT2D eigenvalue weighted by Gasteiger charge is 2.25. The van der Waals surface area contributed by atoms with Gasteiger partial charge in [-0.1, -0.05) is 0 Å². The Morgan fingerprint density at radius 3 is 2.90 bits per heavy atom. The summed E-state index contributed by atoms with van der Waals surface area (Å²) in [6, 6.07) is 9.08. The highest BCUT2D eigenvalue weighted by atomic mass is 32.1. The van der Waals surface area contributed by atoms with Gasteiger partial charge in [0.15, 0.2) is 0 Å². The lowest BCUT2D eigenvalue weighted by atomic mass is 10.1. The highest BCUT2D eigenvalue weighted by molar-refractivity contribution is 7.15. The molecule has 0 aromatic carbocycles. The first kappa shape index (κ1) is 13.1. The Labute approximate surface area is 132 Å². The van der Waals surface area contributed by atoms with E-state index in [1.165, 1.54) is 20.2 Å². The van der Waals surface area contributed by atoms with Crippen LogP contribution in [0, 0.1) is 13.8 Å². The average molecular weight is 315 g/mol. The second-order valence-electron chi connectivity index (χ2n) is 5.47. The number of fused-ring (bicyclic) bond motifs is 1. The summed E-state index contributed by atoms with van der Waals surface area (Å²) >= 11 is 3.65. The maximum atomic E-state index is 4.88. The van der Waals surface area contributed by atoms with Crippen LogP contribution in [-0.2, 0) is 0 Å². The summed E-state index contributed by atoms with van der Waals surface area (Å²) in [6.45, 7) is 5.34. The van der Waals surface area contributed by atoms with Crippen molar-refractivity contribution in [2.24, 2.45) is 0 Å². The fourth-order valence-corrected chi connectivity index (χ4v) is 4.75. The number of aromatic nitrogens is 2. The Kier molecular flexibility index (Phi) is 3.12. The van der Waals surface area contributed by atoms with Gasteiger partial charge in [-0.3, -0.25) is 0 Å². The second-order valence-corrected chi connectivity index (χ2v) is 7.70. The van der Waals surface area contributed by atoms with Crippen LogP contribution in [0.3, 0.4) is 0 Å². The first-order chi connectivity index (χ1) is 10.2. The van der Waals surface area contributed by atoms with E-state index in [0.717, 1.165) is 24.5 Å². The summed E-state index contributed by atoms with van der Waals surface area (Å²) < 4.78 is 2.17. The van der Waals surface area contributed by atoms with Crippen molar-refractivity contribution < 1.29 is 0 Å². The average Bonchev–Trinajstić information content (AvgIpc) is 3.16. The molecule has 0 fully saturated rings. The molecule has 1 unspecified atom stereocenters. The van der Waals surface area contributed by atoms with E-state index < -0.39 is 0 Å². The summed E-state index contributed by atoms with van der Waals surface area (Å²) in [5.74, 6) is 1.14. The Hall–Kier alpha value is -1.59. The molecular weight excluding hydrogens is 298 g/mol. The van der Waals surface area contributed by atoms with Gasteiger partial charge in [0.1, 0.15) is 11.5 Å². The normalized spacial score (nSPS) is 17.5. The van der Waals surface area contributed by atoms with Gasteiger partial charge in [0, 0.05) is 22.4 Å². The number of thiophene rings is 2.